The Labute approximate surface area is 145 Å². The van der Waals surface area contributed by atoms with Gasteiger partial charge in [-0.05, 0) is 49.9 Å². The van der Waals surface area contributed by atoms with Gasteiger partial charge in [0.1, 0.15) is 0 Å². The molecule has 2 N–H and O–H groups in total. The molecular weight excluding hydrogens is 340 g/mol. The van der Waals surface area contributed by atoms with Crippen LogP contribution in [-0.4, -0.2) is 30.9 Å². The van der Waals surface area contributed by atoms with Gasteiger partial charge < -0.3 is 9.88 Å². The molecule has 130 valence electrons. The Morgan fingerprint density at radius 2 is 1.92 bits per heavy atom. The molecule has 0 spiro atoms. The fraction of sp³-hybridized carbons (Fsp3) is 0.176. The van der Waals surface area contributed by atoms with Crippen molar-refractivity contribution in [3.05, 3.63) is 53.9 Å². The lowest BCUT2D eigenvalue weighted by molar-refractivity contribution is 0.102. The smallest absolute Gasteiger partial charge is 0.255 e. The first-order valence-electron chi connectivity index (χ1n) is 7.58. The molecule has 1 heterocycles. The van der Waals surface area contributed by atoms with Crippen LogP contribution < -0.4 is 10.0 Å². The summed E-state index contributed by atoms with van der Waals surface area (Å²) in [5.74, 6) is -0.324. The lowest BCUT2D eigenvalue weighted by atomic mass is 10.1. The van der Waals surface area contributed by atoms with Crippen LogP contribution in [0.4, 0.5) is 5.69 Å². The number of aryl methyl sites for hydroxylation is 2. The molecule has 0 radical (unpaired) electrons. The van der Waals surface area contributed by atoms with E-state index in [1.165, 1.54) is 19.2 Å². The number of anilines is 1. The first-order valence-corrected chi connectivity index (χ1v) is 9.07. The molecule has 3 rings (SSSR count). The lowest BCUT2D eigenvalue weighted by Crippen LogP contribution is -2.19. The van der Waals surface area contributed by atoms with E-state index >= 15 is 0 Å². The Kier molecular flexibility index (Phi) is 4.32. The number of fused-ring (bicyclic) bond motifs is 1. The number of sulfonamides is 1. The van der Waals surface area contributed by atoms with Gasteiger partial charge in [-0.1, -0.05) is 6.07 Å². The van der Waals surface area contributed by atoms with E-state index in [2.05, 4.69) is 15.0 Å². The SMILES string of the molecule is CNS(=O)(=O)c1ccc(C)c(NC(=O)c2ccc3c(c2)ncn3C)c1. The van der Waals surface area contributed by atoms with Crippen molar-refractivity contribution in [3.8, 4) is 0 Å². The maximum Gasteiger partial charge on any atom is 0.255 e. The van der Waals surface area contributed by atoms with E-state index in [4.69, 9.17) is 0 Å². The molecule has 0 bridgehead atoms. The highest BCUT2D eigenvalue weighted by Crippen LogP contribution is 2.21. The van der Waals surface area contributed by atoms with Gasteiger partial charge in [-0.2, -0.15) is 0 Å². The Bertz CT molecular complexity index is 1070. The lowest BCUT2D eigenvalue weighted by Gasteiger charge is -2.11. The number of hydrogen-bond acceptors (Lipinski definition) is 4. The zero-order valence-corrected chi connectivity index (χ0v) is 14.9. The fourth-order valence-corrected chi connectivity index (χ4v) is 3.25. The molecular formula is C17H18N4O3S. The van der Waals surface area contributed by atoms with E-state index in [1.807, 2.05) is 17.7 Å². The molecule has 0 saturated carbocycles. The highest BCUT2D eigenvalue weighted by molar-refractivity contribution is 7.89. The van der Waals surface area contributed by atoms with Gasteiger partial charge in [0.15, 0.2) is 0 Å². The molecule has 7 nitrogen and oxygen atoms in total. The van der Waals surface area contributed by atoms with Crippen molar-refractivity contribution in [3.63, 3.8) is 0 Å². The van der Waals surface area contributed by atoms with Crippen LogP contribution in [0, 0.1) is 6.92 Å². The van der Waals surface area contributed by atoms with Crippen LogP contribution >= 0.6 is 0 Å². The average Bonchev–Trinajstić information content (AvgIpc) is 2.97. The summed E-state index contributed by atoms with van der Waals surface area (Å²) in [5, 5.41) is 2.77. The van der Waals surface area contributed by atoms with Crippen molar-refractivity contribution in [2.24, 2.45) is 7.05 Å². The molecule has 0 aliphatic carbocycles. The monoisotopic (exact) mass is 358 g/mol. The summed E-state index contributed by atoms with van der Waals surface area (Å²) < 4.78 is 28.0. The third kappa shape index (κ3) is 3.26. The molecule has 0 aliphatic rings. The minimum atomic E-state index is -3.58. The number of nitrogens with zero attached hydrogens (tertiary/aromatic N) is 2. The predicted octanol–water partition coefficient (Wildman–Crippen LogP) is 2.04. The number of aromatic nitrogens is 2. The quantitative estimate of drug-likeness (QED) is 0.746. The Morgan fingerprint density at radius 1 is 1.16 bits per heavy atom. The van der Waals surface area contributed by atoms with Gasteiger partial charge in [-0.15, -0.1) is 0 Å². The Hall–Kier alpha value is -2.71. The number of carbonyl (C=O) groups excluding carboxylic acids is 1. The maximum absolute atomic E-state index is 12.5. The highest BCUT2D eigenvalue weighted by atomic mass is 32.2. The third-order valence-electron chi connectivity index (χ3n) is 4.02. The van der Waals surface area contributed by atoms with Gasteiger partial charge in [0.05, 0.1) is 22.3 Å². The minimum Gasteiger partial charge on any atom is -0.334 e. The summed E-state index contributed by atoms with van der Waals surface area (Å²) in [6, 6.07) is 9.83. The summed E-state index contributed by atoms with van der Waals surface area (Å²) in [7, 11) is -0.354. The topological polar surface area (TPSA) is 93.1 Å². The molecule has 2 aromatic carbocycles. The summed E-state index contributed by atoms with van der Waals surface area (Å²) in [6.45, 7) is 1.80. The molecule has 3 aromatic rings. The van der Waals surface area contributed by atoms with Crippen molar-refractivity contribution in [2.75, 3.05) is 12.4 Å². The molecule has 1 amide bonds. The Balaban J connectivity index is 1.92. The predicted molar refractivity (Wildman–Crippen MR) is 96.1 cm³/mol. The number of amides is 1. The number of rotatable bonds is 4. The van der Waals surface area contributed by atoms with E-state index in [1.54, 1.807) is 31.5 Å². The number of benzene rings is 2. The van der Waals surface area contributed by atoms with Crippen LogP contribution in [0.25, 0.3) is 11.0 Å². The zero-order chi connectivity index (χ0) is 18.2. The van der Waals surface area contributed by atoms with Crippen LogP contribution in [0.15, 0.2) is 47.6 Å². The minimum absolute atomic E-state index is 0.0936. The number of imidazole rings is 1. The van der Waals surface area contributed by atoms with Gasteiger partial charge in [0, 0.05) is 18.3 Å². The standard InChI is InChI=1S/C17H18N4O3S/c1-11-4-6-13(25(23,24)18-2)9-14(11)20-17(22)12-5-7-16-15(8-12)19-10-21(16)3/h4-10,18H,1-3H3,(H,20,22). The van der Waals surface area contributed by atoms with Crippen LogP contribution in [0.1, 0.15) is 15.9 Å². The second-order valence-electron chi connectivity index (χ2n) is 5.70. The van der Waals surface area contributed by atoms with Gasteiger partial charge in [0.25, 0.3) is 5.91 Å². The molecule has 0 saturated heterocycles. The summed E-state index contributed by atoms with van der Waals surface area (Å²) in [6.07, 6.45) is 1.68. The summed E-state index contributed by atoms with van der Waals surface area (Å²) in [4.78, 5) is 16.9. The third-order valence-corrected chi connectivity index (χ3v) is 5.44. The first-order chi connectivity index (χ1) is 11.8. The molecule has 0 atom stereocenters. The first kappa shape index (κ1) is 17.1. The van der Waals surface area contributed by atoms with Crippen molar-refractivity contribution >= 4 is 32.7 Å². The molecule has 0 unspecified atom stereocenters. The molecule has 0 aliphatic heterocycles. The normalized spacial score (nSPS) is 11.6. The molecule has 25 heavy (non-hydrogen) atoms. The van der Waals surface area contributed by atoms with Crippen molar-refractivity contribution in [2.45, 2.75) is 11.8 Å². The van der Waals surface area contributed by atoms with Gasteiger partial charge >= 0.3 is 0 Å². The van der Waals surface area contributed by atoms with E-state index < -0.39 is 10.0 Å². The van der Waals surface area contributed by atoms with Crippen LogP contribution in [0.3, 0.4) is 0 Å². The van der Waals surface area contributed by atoms with Crippen molar-refractivity contribution in [1.29, 1.82) is 0 Å². The largest absolute Gasteiger partial charge is 0.334 e. The fourth-order valence-electron chi connectivity index (χ4n) is 2.49. The summed E-state index contributed by atoms with van der Waals surface area (Å²) >= 11 is 0. The van der Waals surface area contributed by atoms with Crippen LogP contribution in [0.2, 0.25) is 0 Å². The van der Waals surface area contributed by atoms with E-state index in [9.17, 15) is 13.2 Å². The molecule has 1 aromatic heterocycles. The van der Waals surface area contributed by atoms with Gasteiger partial charge in [-0.25, -0.2) is 18.1 Å². The average molecular weight is 358 g/mol. The van der Waals surface area contributed by atoms with Crippen molar-refractivity contribution in [1.82, 2.24) is 14.3 Å². The number of carbonyl (C=O) groups is 1. The Morgan fingerprint density at radius 3 is 2.64 bits per heavy atom. The molecule has 0 fully saturated rings. The van der Waals surface area contributed by atoms with Gasteiger partial charge in [-0.3, -0.25) is 4.79 Å². The zero-order valence-electron chi connectivity index (χ0n) is 14.1. The maximum atomic E-state index is 12.5. The van der Waals surface area contributed by atoms with E-state index in [0.717, 1.165) is 16.6 Å². The van der Waals surface area contributed by atoms with Gasteiger partial charge in [0.2, 0.25) is 10.0 Å². The highest BCUT2D eigenvalue weighted by Gasteiger charge is 2.15. The molecule has 8 heteroatoms. The second-order valence-corrected chi connectivity index (χ2v) is 7.58. The van der Waals surface area contributed by atoms with Crippen molar-refractivity contribution < 1.29 is 13.2 Å². The summed E-state index contributed by atoms with van der Waals surface area (Å²) in [5.41, 5.74) is 3.31. The number of nitrogens with one attached hydrogen (secondary N) is 2. The van der Waals surface area contributed by atoms with Crippen LogP contribution in [0.5, 0.6) is 0 Å². The number of hydrogen-bond donors (Lipinski definition) is 2. The second kappa shape index (κ2) is 6.30. The van der Waals surface area contributed by atoms with Crippen LogP contribution in [-0.2, 0) is 17.1 Å². The van der Waals surface area contributed by atoms with E-state index in [0.29, 0.717) is 11.3 Å². The van der Waals surface area contributed by atoms with E-state index in [-0.39, 0.29) is 10.8 Å².